The molecule has 0 saturated carbocycles. The predicted octanol–water partition coefficient (Wildman–Crippen LogP) is -3.49. The van der Waals surface area contributed by atoms with Crippen molar-refractivity contribution < 1.29 is 154 Å². The van der Waals surface area contributed by atoms with Crippen molar-refractivity contribution in [1.82, 2.24) is 79.7 Å². The summed E-state index contributed by atoms with van der Waals surface area (Å²) in [4.78, 5) is 69.5. The molecule has 17 rings (SSSR count). The second-order valence-electron chi connectivity index (χ2n) is 21.0. The molecule has 110 heavy (non-hydrogen) atoms. The minimum Gasteiger partial charge on any atom is -0.337 e. The number of aromatic nitrogens is 16. The number of nitrogens with one attached hydrogen (secondary N) is 2. The Hall–Kier alpha value is -10.8. The van der Waals surface area contributed by atoms with Crippen LogP contribution in [0.3, 0.4) is 0 Å². The molecule has 2 N–H and O–H groups in total. The molecule has 0 aliphatic heterocycles. The van der Waals surface area contributed by atoms with E-state index in [1.165, 1.54) is 0 Å². The van der Waals surface area contributed by atoms with Gasteiger partial charge in [0.15, 0.2) is 0 Å². The first-order valence-electron chi connectivity index (χ1n) is 30.6. The summed E-state index contributed by atoms with van der Waals surface area (Å²) in [6.07, 6.45) is 21.3. The van der Waals surface area contributed by atoms with Gasteiger partial charge in [-0.3, -0.25) is 59.8 Å². The second kappa shape index (κ2) is 41.7. The Morgan fingerprint density at radius 1 is 0.191 bits per heavy atom. The van der Waals surface area contributed by atoms with E-state index in [4.69, 9.17) is 84.5 Å². The first-order valence-corrected chi connectivity index (χ1v) is 35.5. The van der Waals surface area contributed by atoms with Gasteiger partial charge in [-0.2, -0.15) is 0 Å². The summed E-state index contributed by atoms with van der Waals surface area (Å²) in [5.41, 5.74) is 16.2. The normalized spacial score (nSPS) is 10.8. The summed E-state index contributed by atoms with van der Waals surface area (Å²) in [5.74, 6) is 1.51. The van der Waals surface area contributed by atoms with E-state index in [-0.39, 0.29) is 39.0 Å². The van der Waals surface area contributed by atoms with Crippen LogP contribution in [0.5, 0.6) is 0 Å². The maximum absolute atomic E-state index is 8.49. The maximum Gasteiger partial charge on any atom is 2.00 e. The van der Waals surface area contributed by atoms with Gasteiger partial charge in [0.2, 0.25) is 0 Å². The third-order valence-electron chi connectivity index (χ3n) is 13.9. The number of hydrogen-bond acceptors (Lipinski definition) is 30. The van der Waals surface area contributed by atoms with Gasteiger partial charge in [0.05, 0.1) is 89.7 Å². The van der Waals surface area contributed by atoms with Crippen molar-refractivity contribution in [2.75, 3.05) is 0 Å². The molecule has 32 nitrogen and oxygen atoms in total. The molecule has 0 aliphatic carbocycles. The zero-order valence-corrected chi connectivity index (χ0v) is 62.2. The molecule has 0 amide bonds. The van der Waals surface area contributed by atoms with Crippen LogP contribution >= 0.6 is 0 Å². The average Bonchev–Trinajstić information content (AvgIpc) is 1.55. The SMILES string of the molecule is [O-][Cl+3]([O-])([O-])[O-].[O-][Cl+3]([O-])([O-])[O-].[O-][Cl+3]([O-])([O-])[O-].[O-][Cl+3]([O-])([O-])[O-].[Ru+2].[Ru+2].c1ccc(-c2ccccn2)nc1.c1ccc(-c2ccccn2)nc1.c1ccc(-c2ccccn2)nc1.c1ccc(-c2ccccn2)nc1.c1ccc(-c2nc3c4cccnc4c4ncccc4c3[nH]2)c(-c2nc3c4cccnc4c4ncccc4c3[nH]2)c1. The third-order valence-corrected chi connectivity index (χ3v) is 13.9. The third kappa shape index (κ3) is 27.7. The van der Waals surface area contributed by atoms with Gasteiger partial charge in [-0.25, -0.2) is 84.5 Å². The van der Waals surface area contributed by atoms with Crippen molar-refractivity contribution in [3.63, 3.8) is 0 Å². The van der Waals surface area contributed by atoms with Crippen molar-refractivity contribution in [3.8, 4) is 68.3 Å². The molecule has 0 atom stereocenters. The Balaban J connectivity index is 0.000000198. The molecule has 3 aromatic carbocycles. The molecule has 0 radical (unpaired) electrons. The van der Waals surface area contributed by atoms with Crippen LogP contribution in [0.4, 0.5) is 0 Å². The van der Waals surface area contributed by atoms with Crippen LogP contribution < -0.4 is 74.5 Å². The van der Waals surface area contributed by atoms with Gasteiger partial charge < -0.3 is 9.97 Å². The van der Waals surface area contributed by atoms with E-state index in [1.54, 1.807) is 74.4 Å². The molecule has 14 aromatic heterocycles. The first-order chi connectivity index (χ1) is 51.7. The molecule has 0 unspecified atom stereocenters. The standard InChI is InChI=1S/C32H18N8.4C10H8N2.4ClHO4.2Ru/c1-2-8-18(32-39-29-21-11-5-15-35-25(21)26-22(30(29)40-32)12-6-16-36-26)17(7-1)31-37-27-19-9-3-13-33-23(19)24-20(28(27)38-31)10-4-14-34-24;4*1-3-7-11-9(5-1)10-6-2-4-8-12-10;4*2-1(3,4)5;;/h1-16H,(H,37,38)(H,39,40);4*1-8H;4*(H,2,3,4,5);;/q;;;;;;;;;2*+2/p-4. The number of fused-ring (bicyclic) bond motifs is 12. The van der Waals surface area contributed by atoms with E-state index in [0.29, 0.717) is 0 Å². The summed E-state index contributed by atoms with van der Waals surface area (Å²) < 4.78 is 136. The number of benzene rings is 3. The fraction of sp³-hybridized carbons (Fsp3) is 0. The summed E-state index contributed by atoms with van der Waals surface area (Å²) >= 11 is 0. The van der Waals surface area contributed by atoms with Crippen molar-refractivity contribution in [3.05, 3.63) is 293 Å². The van der Waals surface area contributed by atoms with Gasteiger partial charge in [-0.1, -0.05) is 72.8 Å². The molecule has 0 aliphatic rings. The van der Waals surface area contributed by atoms with Crippen LogP contribution in [0, 0.1) is 41.0 Å². The molecule has 0 fully saturated rings. The van der Waals surface area contributed by atoms with Gasteiger partial charge >= 0.3 is 39.0 Å². The topological polar surface area (TPSA) is 581 Å². The van der Waals surface area contributed by atoms with Crippen molar-refractivity contribution >= 4 is 65.7 Å². The fourth-order valence-corrected chi connectivity index (χ4v) is 9.95. The van der Waals surface area contributed by atoms with E-state index in [0.717, 1.165) is 134 Å². The van der Waals surface area contributed by atoms with E-state index in [1.807, 2.05) is 194 Å². The Morgan fingerprint density at radius 3 is 0.555 bits per heavy atom. The van der Waals surface area contributed by atoms with Gasteiger partial charge in [0.1, 0.15) is 11.6 Å². The van der Waals surface area contributed by atoms with Crippen molar-refractivity contribution in [2.24, 2.45) is 0 Å². The molecule has 0 bridgehead atoms. The zero-order chi connectivity index (χ0) is 77.1. The van der Waals surface area contributed by atoms with Gasteiger partial charge in [-0.15, -0.1) is 41.0 Å². The Morgan fingerprint density at radius 2 is 0.364 bits per heavy atom. The number of aromatic amines is 2. The fourth-order valence-electron chi connectivity index (χ4n) is 9.95. The molecule has 38 heteroatoms. The maximum atomic E-state index is 8.49. The van der Waals surface area contributed by atoms with Crippen LogP contribution in [0.15, 0.2) is 293 Å². The number of H-pyrrole nitrogens is 2. The predicted molar refractivity (Wildman–Crippen MR) is 348 cm³/mol. The van der Waals surface area contributed by atoms with E-state index in [9.17, 15) is 0 Å². The quantitative estimate of drug-likeness (QED) is 0.121. The van der Waals surface area contributed by atoms with Crippen LogP contribution in [0.25, 0.3) is 134 Å². The molecule has 0 saturated heterocycles. The monoisotopic (exact) mass is 1740 g/mol. The van der Waals surface area contributed by atoms with Crippen LogP contribution in [-0.4, -0.2) is 79.7 Å². The molecular formula is C72H50Cl4N16O16Ru2. The van der Waals surface area contributed by atoms with E-state index in [2.05, 4.69) is 94.0 Å². The molecule has 0 spiro atoms. The minimum absolute atomic E-state index is 0. The van der Waals surface area contributed by atoms with Gasteiger partial charge in [0, 0.05) is 107 Å². The smallest absolute Gasteiger partial charge is 0.337 e. The second-order valence-corrected chi connectivity index (χ2v) is 24.0. The zero-order valence-electron chi connectivity index (χ0n) is 55.7. The number of nitrogens with zero attached hydrogens (tertiary/aromatic N) is 14. The number of imidazole rings is 2. The minimum atomic E-state index is -4.94. The Kier molecular flexibility index (Phi) is 32.8. The number of rotatable bonds is 6. The first kappa shape index (κ1) is 86.4. The summed E-state index contributed by atoms with van der Waals surface area (Å²) in [5, 5.41) is 3.90. The van der Waals surface area contributed by atoms with E-state index < -0.39 is 41.0 Å². The average molecular weight is 1740 g/mol. The summed E-state index contributed by atoms with van der Waals surface area (Å²) in [7, 11) is -19.8. The Labute approximate surface area is 656 Å². The largest absolute Gasteiger partial charge is 2.00 e. The summed E-state index contributed by atoms with van der Waals surface area (Å²) in [6, 6.07) is 70.5. The molecule has 17 aromatic rings. The van der Waals surface area contributed by atoms with Gasteiger partial charge in [-0.05, 0) is 146 Å². The number of pyridine rings is 12. The molecule has 14 heterocycles. The van der Waals surface area contributed by atoms with Gasteiger partial charge in [0.25, 0.3) is 0 Å². The molecule has 558 valence electrons. The van der Waals surface area contributed by atoms with Crippen LogP contribution in [0.2, 0.25) is 0 Å². The number of hydrogen-bond donors (Lipinski definition) is 2. The Bertz CT molecular complexity index is 4770. The molecular weight excluding hydrogens is 1690 g/mol. The summed E-state index contributed by atoms with van der Waals surface area (Å²) in [6.45, 7) is 0. The number of halogens is 4. The van der Waals surface area contributed by atoms with Crippen molar-refractivity contribution in [1.29, 1.82) is 0 Å². The van der Waals surface area contributed by atoms with Crippen LogP contribution in [0.1, 0.15) is 0 Å². The van der Waals surface area contributed by atoms with Crippen molar-refractivity contribution in [2.45, 2.75) is 0 Å². The van der Waals surface area contributed by atoms with E-state index >= 15 is 0 Å². The van der Waals surface area contributed by atoms with Crippen LogP contribution in [-0.2, 0) is 39.0 Å².